The fourth-order valence-electron chi connectivity index (χ4n) is 4.08. The van der Waals surface area contributed by atoms with Gasteiger partial charge in [0.05, 0.1) is 11.3 Å². The van der Waals surface area contributed by atoms with Crippen LogP contribution in [0.2, 0.25) is 0 Å². The molecule has 3 amide bonds. The van der Waals surface area contributed by atoms with E-state index < -0.39 is 24.1 Å². The second kappa shape index (κ2) is 8.23. The molecule has 1 atom stereocenters. The van der Waals surface area contributed by atoms with Gasteiger partial charge in [0.1, 0.15) is 0 Å². The summed E-state index contributed by atoms with van der Waals surface area (Å²) in [4.78, 5) is 54.0. The number of nitrogens with one attached hydrogen (secondary N) is 1. The minimum atomic E-state index is -1.57. The van der Waals surface area contributed by atoms with Gasteiger partial charge in [0, 0.05) is 25.4 Å². The van der Waals surface area contributed by atoms with Crippen LogP contribution in [0.5, 0.6) is 0 Å². The third kappa shape index (κ3) is 3.47. The molecule has 2 aliphatic heterocycles. The number of carbonyl (C=O) groups is 4. The molecule has 2 aliphatic rings. The third-order valence-electron chi connectivity index (χ3n) is 5.33. The maximum Gasteiger partial charge on any atom is 0.354 e. The van der Waals surface area contributed by atoms with Crippen molar-refractivity contribution in [1.82, 2.24) is 10.2 Å². The molecule has 0 saturated carbocycles. The Labute approximate surface area is 170 Å². The highest BCUT2D eigenvalue weighted by Gasteiger charge is 2.62. The summed E-state index contributed by atoms with van der Waals surface area (Å²) in [5.74, 6) is -1.74. The van der Waals surface area contributed by atoms with Gasteiger partial charge < -0.3 is 15.0 Å². The van der Waals surface area contributed by atoms with E-state index >= 15 is 0 Å². The first-order valence-corrected chi connectivity index (χ1v) is 10.0. The van der Waals surface area contributed by atoms with Crippen LogP contribution in [0.3, 0.4) is 0 Å². The number of para-hydroxylation sites is 1. The molecular weight excluding hydrogens is 374 g/mol. The predicted molar refractivity (Wildman–Crippen MR) is 106 cm³/mol. The molecule has 0 aliphatic carbocycles. The van der Waals surface area contributed by atoms with E-state index in [9.17, 15) is 19.2 Å². The summed E-state index contributed by atoms with van der Waals surface area (Å²) in [5, 5.41) is 2.69. The molecule has 8 heteroatoms. The number of fused-ring (bicyclic) bond motifs is 3. The Kier molecular flexibility index (Phi) is 5.91. The molecular formula is C21H27N3O5. The van der Waals surface area contributed by atoms with E-state index in [4.69, 9.17) is 4.74 Å². The van der Waals surface area contributed by atoms with Crippen LogP contribution in [0, 0.1) is 0 Å². The van der Waals surface area contributed by atoms with Crippen LogP contribution in [0.4, 0.5) is 5.69 Å². The number of anilines is 1. The Bertz CT molecular complexity index is 837. The molecule has 8 nitrogen and oxygen atoms in total. The topological polar surface area (TPSA) is 96.0 Å². The van der Waals surface area contributed by atoms with Crippen LogP contribution in [-0.2, 0) is 19.1 Å². The summed E-state index contributed by atoms with van der Waals surface area (Å²) in [6, 6.07) is 6.40. The molecule has 0 radical (unpaired) electrons. The number of esters is 1. The monoisotopic (exact) mass is 401 g/mol. The Balaban J connectivity index is 1.93. The number of amides is 3. The summed E-state index contributed by atoms with van der Waals surface area (Å²) in [6.07, 6.45) is 2.01. The fraction of sp³-hybridized carbons (Fsp3) is 0.524. The summed E-state index contributed by atoms with van der Waals surface area (Å²) in [6.45, 7) is 5.65. The van der Waals surface area contributed by atoms with Gasteiger partial charge in [-0.2, -0.15) is 0 Å². The van der Waals surface area contributed by atoms with E-state index in [1.54, 1.807) is 38.1 Å². The average Bonchev–Trinajstić information content (AvgIpc) is 3.04. The minimum absolute atomic E-state index is 0.114. The number of benzene rings is 1. The van der Waals surface area contributed by atoms with E-state index in [0.29, 0.717) is 17.8 Å². The van der Waals surface area contributed by atoms with E-state index in [2.05, 4.69) is 5.32 Å². The standard InChI is InChI=1S/C21H27N3O5/c1-4-5-12-22-17(25)13-29-20(28)21-11-10-18(26)24(21)16-9-7-6-8-15(16)19(27)23(21)14(2)3/h6-9,14H,4-5,10-13H2,1-3H3,(H,22,25)/t21-/m0/s1. The first-order chi connectivity index (χ1) is 13.8. The van der Waals surface area contributed by atoms with Crippen molar-refractivity contribution < 1.29 is 23.9 Å². The zero-order chi connectivity index (χ0) is 21.2. The molecule has 3 rings (SSSR count). The maximum absolute atomic E-state index is 13.3. The lowest BCUT2D eigenvalue weighted by Gasteiger charge is -2.50. The van der Waals surface area contributed by atoms with E-state index in [0.717, 1.165) is 12.8 Å². The zero-order valence-electron chi connectivity index (χ0n) is 17.1. The van der Waals surface area contributed by atoms with Gasteiger partial charge in [0.15, 0.2) is 6.61 Å². The number of carbonyl (C=O) groups excluding carboxylic acids is 4. The van der Waals surface area contributed by atoms with E-state index in [1.807, 2.05) is 6.92 Å². The number of hydrogen-bond donors (Lipinski definition) is 1. The van der Waals surface area contributed by atoms with Gasteiger partial charge in [-0.05, 0) is 32.4 Å². The summed E-state index contributed by atoms with van der Waals surface area (Å²) < 4.78 is 5.33. The largest absolute Gasteiger partial charge is 0.452 e. The molecule has 0 aromatic heterocycles. The highest BCUT2D eigenvalue weighted by Crippen LogP contribution is 2.45. The fourth-order valence-corrected chi connectivity index (χ4v) is 4.08. The van der Waals surface area contributed by atoms with Crippen LogP contribution < -0.4 is 10.2 Å². The van der Waals surface area contributed by atoms with E-state index in [1.165, 1.54) is 9.80 Å². The summed E-state index contributed by atoms with van der Waals surface area (Å²) in [7, 11) is 0. The van der Waals surface area contributed by atoms with Gasteiger partial charge >= 0.3 is 5.97 Å². The molecule has 1 N–H and O–H groups in total. The molecule has 29 heavy (non-hydrogen) atoms. The van der Waals surface area contributed by atoms with Crippen molar-refractivity contribution in [2.24, 2.45) is 0 Å². The predicted octanol–water partition coefficient (Wildman–Crippen LogP) is 1.83. The van der Waals surface area contributed by atoms with Crippen molar-refractivity contribution in [3.63, 3.8) is 0 Å². The van der Waals surface area contributed by atoms with Crippen molar-refractivity contribution in [2.45, 2.75) is 58.2 Å². The summed E-state index contributed by atoms with van der Waals surface area (Å²) in [5.41, 5.74) is -0.793. The Hall–Kier alpha value is -2.90. The SMILES string of the molecule is CCCCNC(=O)COC(=O)[C@]12CCC(=O)N1c1ccccc1C(=O)N2C(C)C. The van der Waals surface area contributed by atoms with Crippen LogP contribution in [0.15, 0.2) is 24.3 Å². The van der Waals surface area contributed by atoms with Crippen molar-refractivity contribution in [3.05, 3.63) is 29.8 Å². The lowest BCUT2D eigenvalue weighted by molar-refractivity contribution is -0.161. The molecule has 1 saturated heterocycles. The van der Waals surface area contributed by atoms with Gasteiger partial charge in [0.25, 0.3) is 11.8 Å². The van der Waals surface area contributed by atoms with Crippen LogP contribution >= 0.6 is 0 Å². The van der Waals surface area contributed by atoms with Crippen molar-refractivity contribution in [3.8, 4) is 0 Å². The van der Waals surface area contributed by atoms with E-state index in [-0.39, 0.29) is 30.7 Å². The van der Waals surface area contributed by atoms with Gasteiger partial charge in [-0.1, -0.05) is 25.5 Å². The number of ether oxygens (including phenoxy) is 1. The number of rotatable bonds is 7. The Morgan fingerprint density at radius 3 is 2.66 bits per heavy atom. The molecule has 1 aromatic carbocycles. The highest BCUT2D eigenvalue weighted by atomic mass is 16.5. The number of unbranched alkanes of at least 4 members (excludes halogenated alkanes) is 1. The van der Waals surface area contributed by atoms with Gasteiger partial charge in [-0.15, -0.1) is 0 Å². The van der Waals surface area contributed by atoms with Crippen LogP contribution in [0.25, 0.3) is 0 Å². The summed E-state index contributed by atoms with van der Waals surface area (Å²) >= 11 is 0. The second-order valence-electron chi connectivity index (χ2n) is 7.61. The second-order valence-corrected chi connectivity index (χ2v) is 7.61. The number of nitrogens with zero attached hydrogens (tertiary/aromatic N) is 2. The van der Waals surface area contributed by atoms with Gasteiger partial charge in [-0.25, -0.2) is 4.79 Å². The molecule has 0 unspecified atom stereocenters. The quantitative estimate of drug-likeness (QED) is 0.556. The van der Waals surface area contributed by atoms with Gasteiger partial charge in [0.2, 0.25) is 11.6 Å². The first kappa shape index (κ1) is 20.8. The number of hydrogen-bond acceptors (Lipinski definition) is 5. The van der Waals surface area contributed by atoms with Gasteiger partial charge in [-0.3, -0.25) is 19.3 Å². The van der Waals surface area contributed by atoms with Crippen molar-refractivity contribution in [1.29, 1.82) is 0 Å². The van der Waals surface area contributed by atoms with Crippen molar-refractivity contribution in [2.75, 3.05) is 18.1 Å². The molecule has 0 spiro atoms. The molecule has 1 fully saturated rings. The smallest absolute Gasteiger partial charge is 0.354 e. The zero-order valence-corrected chi connectivity index (χ0v) is 17.1. The average molecular weight is 401 g/mol. The molecule has 1 aromatic rings. The normalized spacial score (nSPS) is 20.6. The molecule has 2 heterocycles. The minimum Gasteiger partial charge on any atom is -0.452 e. The lowest BCUT2D eigenvalue weighted by Crippen LogP contribution is -2.70. The molecule has 0 bridgehead atoms. The Morgan fingerprint density at radius 1 is 1.24 bits per heavy atom. The van der Waals surface area contributed by atoms with Crippen molar-refractivity contribution >= 4 is 29.4 Å². The van der Waals surface area contributed by atoms with Crippen LogP contribution in [-0.4, -0.2) is 53.4 Å². The molecule has 156 valence electrons. The Morgan fingerprint density at radius 2 is 1.97 bits per heavy atom. The van der Waals surface area contributed by atoms with Crippen LogP contribution in [0.1, 0.15) is 56.8 Å². The highest BCUT2D eigenvalue weighted by molar-refractivity contribution is 6.15. The first-order valence-electron chi connectivity index (χ1n) is 10.0. The maximum atomic E-state index is 13.3. The lowest BCUT2D eigenvalue weighted by atomic mass is 9.95. The third-order valence-corrected chi connectivity index (χ3v) is 5.33.